The lowest BCUT2D eigenvalue weighted by Gasteiger charge is -2.30. The fraction of sp³-hybridized carbons (Fsp3) is 0.500. The first-order valence-electron chi connectivity index (χ1n) is 8.23. The van der Waals surface area contributed by atoms with Crippen LogP contribution in [0.15, 0.2) is 24.3 Å². The summed E-state index contributed by atoms with van der Waals surface area (Å²) >= 11 is 0. The predicted molar refractivity (Wildman–Crippen MR) is 88.3 cm³/mol. The number of benzene rings is 1. The summed E-state index contributed by atoms with van der Waals surface area (Å²) in [5, 5.41) is 0. The fourth-order valence-corrected chi connectivity index (χ4v) is 3.08. The Morgan fingerprint density at radius 1 is 1.17 bits per heavy atom. The second-order valence-electron chi connectivity index (χ2n) is 6.63. The van der Waals surface area contributed by atoms with Gasteiger partial charge in [-0.3, -0.25) is 9.47 Å². The number of ether oxygens (including phenoxy) is 1. The van der Waals surface area contributed by atoms with Gasteiger partial charge >= 0.3 is 6.01 Å². The lowest BCUT2D eigenvalue weighted by molar-refractivity contribution is 0.198. The Morgan fingerprint density at radius 2 is 1.96 bits per heavy atom. The monoisotopic (exact) mass is 317 g/mol. The average Bonchev–Trinajstić information content (AvgIpc) is 2.83. The lowest BCUT2D eigenvalue weighted by Crippen LogP contribution is -2.36. The van der Waals surface area contributed by atoms with Crippen molar-refractivity contribution in [3.8, 4) is 11.8 Å². The van der Waals surface area contributed by atoms with Crippen molar-refractivity contribution in [2.45, 2.75) is 52.7 Å². The zero-order valence-corrected chi connectivity index (χ0v) is 14.2. The number of halogens is 1. The molecule has 124 valence electrons. The van der Waals surface area contributed by atoms with Crippen LogP contribution in [0.2, 0.25) is 0 Å². The molecular weight excluding hydrogens is 293 g/mol. The minimum absolute atomic E-state index is 0.250. The van der Waals surface area contributed by atoms with Gasteiger partial charge in [0.05, 0.1) is 5.69 Å². The Kier molecular flexibility index (Phi) is 4.39. The molecule has 5 heteroatoms. The van der Waals surface area contributed by atoms with E-state index >= 15 is 0 Å². The molecule has 0 saturated carbocycles. The summed E-state index contributed by atoms with van der Waals surface area (Å²) < 4.78 is 21.4. The van der Waals surface area contributed by atoms with Gasteiger partial charge in [-0.2, -0.15) is 4.98 Å². The van der Waals surface area contributed by atoms with Crippen molar-refractivity contribution in [1.29, 1.82) is 0 Å². The molecule has 0 N–H and O–H groups in total. The zero-order valence-electron chi connectivity index (χ0n) is 14.2. The molecule has 23 heavy (non-hydrogen) atoms. The van der Waals surface area contributed by atoms with Crippen molar-refractivity contribution in [2.24, 2.45) is 0 Å². The summed E-state index contributed by atoms with van der Waals surface area (Å²) in [5.74, 6) is 0.177. The zero-order chi connectivity index (χ0) is 16.6. The molecule has 3 rings (SSSR count). The molecule has 1 aromatic heterocycles. The summed E-state index contributed by atoms with van der Waals surface area (Å²) in [6.07, 6.45) is 0.963. The van der Waals surface area contributed by atoms with Crippen LogP contribution in [0.5, 0.6) is 11.8 Å². The highest BCUT2D eigenvalue weighted by molar-refractivity contribution is 5.30. The van der Waals surface area contributed by atoms with Crippen LogP contribution in [0.1, 0.15) is 45.1 Å². The molecule has 0 unspecified atom stereocenters. The van der Waals surface area contributed by atoms with Crippen LogP contribution in [-0.2, 0) is 13.0 Å². The van der Waals surface area contributed by atoms with Crippen molar-refractivity contribution < 1.29 is 9.13 Å². The van der Waals surface area contributed by atoms with Crippen LogP contribution in [-0.4, -0.2) is 27.0 Å². The molecule has 0 fully saturated rings. The first-order chi connectivity index (χ1) is 11.0. The minimum Gasteiger partial charge on any atom is -0.425 e. The smallest absolute Gasteiger partial charge is 0.302 e. The van der Waals surface area contributed by atoms with Crippen molar-refractivity contribution in [3.63, 3.8) is 0 Å². The number of hydrogen-bond acceptors (Lipinski definition) is 3. The van der Waals surface area contributed by atoms with Crippen LogP contribution in [0.25, 0.3) is 0 Å². The van der Waals surface area contributed by atoms with Gasteiger partial charge in [-0.05, 0) is 39.8 Å². The predicted octanol–water partition coefficient (Wildman–Crippen LogP) is 4.16. The van der Waals surface area contributed by atoms with Gasteiger partial charge in [0.15, 0.2) is 0 Å². The Bertz CT molecular complexity index is 694. The largest absolute Gasteiger partial charge is 0.425 e. The van der Waals surface area contributed by atoms with Gasteiger partial charge in [0.2, 0.25) is 0 Å². The molecule has 0 saturated heterocycles. The Hall–Kier alpha value is -1.88. The van der Waals surface area contributed by atoms with Crippen LogP contribution in [0.3, 0.4) is 0 Å². The Labute approximate surface area is 136 Å². The van der Waals surface area contributed by atoms with Crippen molar-refractivity contribution in [2.75, 3.05) is 6.54 Å². The third kappa shape index (κ3) is 3.24. The average molecular weight is 317 g/mol. The van der Waals surface area contributed by atoms with Crippen LogP contribution >= 0.6 is 0 Å². The van der Waals surface area contributed by atoms with Gasteiger partial charge in [-0.25, -0.2) is 4.39 Å². The molecule has 0 spiro atoms. The third-order valence-electron chi connectivity index (χ3n) is 4.30. The molecule has 0 radical (unpaired) electrons. The van der Waals surface area contributed by atoms with Gasteiger partial charge in [-0.1, -0.05) is 6.07 Å². The number of hydrogen-bond donors (Lipinski definition) is 0. The lowest BCUT2D eigenvalue weighted by atomic mass is 10.1. The second kappa shape index (κ2) is 6.32. The van der Waals surface area contributed by atoms with Crippen LogP contribution in [0.4, 0.5) is 4.39 Å². The van der Waals surface area contributed by atoms with Crippen molar-refractivity contribution in [3.05, 3.63) is 41.5 Å². The number of fused-ring (bicyclic) bond motifs is 1. The van der Waals surface area contributed by atoms with E-state index in [0.717, 1.165) is 25.2 Å². The van der Waals surface area contributed by atoms with E-state index in [1.54, 1.807) is 12.1 Å². The summed E-state index contributed by atoms with van der Waals surface area (Å²) in [6.45, 7) is 10.5. The summed E-state index contributed by atoms with van der Waals surface area (Å²) in [7, 11) is 0. The first-order valence-corrected chi connectivity index (χ1v) is 8.23. The van der Waals surface area contributed by atoms with Crippen molar-refractivity contribution >= 4 is 0 Å². The summed E-state index contributed by atoms with van der Waals surface area (Å²) in [4.78, 5) is 7.11. The highest BCUT2D eigenvalue weighted by Crippen LogP contribution is 2.31. The Morgan fingerprint density at radius 3 is 2.61 bits per heavy atom. The van der Waals surface area contributed by atoms with Gasteiger partial charge in [0.1, 0.15) is 11.6 Å². The number of imidazole rings is 1. The molecule has 2 aromatic rings. The van der Waals surface area contributed by atoms with Gasteiger partial charge in [0.25, 0.3) is 0 Å². The topological polar surface area (TPSA) is 30.3 Å². The first kappa shape index (κ1) is 16.0. The molecule has 1 aliphatic heterocycles. The van der Waals surface area contributed by atoms with Crippen LogP contribution in [0, 0.1) is 5.82 Å². The normalized spacial score (nSPS) is 15.3. The molecular formula is C18H24FN3O. The second-order valence-corrected chi connectivity index (χ2v) is 6.63. The SMILES string of the molecule is CC(C)N1CCc2c(nc(Oc3cccc(F)c3)n2C(C)C)C1. The van der Waals surface area contributed by atoms with E-state index in [0.29, 0.717) is 17.8 Å². The van der Waals surface area contributed by atoms with E-state index in [2.05, 4.69) is 37.2 Å². The molecule has 1 aromatic carbocycles. The van der Waals surface area contributed by atoms with E-state index in [1.165, 1.54) is 17.8 Å². The molecule has 0 atom stereocenters. The van der Waals surface area contributed by atoms with Gasteiger partial charge < -0.3 is 4.74 Å². The summed E-state index contributed by atoms with van der Waals surface area (Å²) in [5.41, 5.74) is 2.31. The van der Waals surface area contributed by atoms with E-state index in [9.17, 15) is 4.39 Å². The molecule has 0 bridgehead atoms. The van der Waals surface area contributed by atoms with Gasteiger partial charge in [0, 0.05) is 43.4 Å². The van der Waals surface area contributed by atoms with Crippen LogP contribution < -0.4 is 4.74 Å². The number of nitrogens with zero attached hydrogens (tertiary/aromatic N) is 3. The number of aromatic nitrogens is 2. The maximum atomic E-state index is 13.4. The quantitative estimate of drug-likeness (QED) is 0.848. The number of rotatable bonds is 4. The third-order valence-corrected chi connectivity index (χ3v) is 4.30. The highest BCUT2D eigenvalue weighted by Gasteiger charge is 2.27. The standard InChI is InChI=1S/C18H24FN3O/c1-12(2)21-9-8-17-16(11-21)20-18(22(17)13(3)4)23-15-7-5-6-14(19)10-15/h5-7,10,12-13H,8-9,11H2,1-4H3. The Balaban J connectivity index is 1.94. The van der Waals surface area contributed by atoms with Crippen molar-refractivity contribution in [1.82, 2.24) is 14.5 Å². The maximum absolute atomic E-state index is 13.4. The molecule has 2 heterocycles. The van der Waals surface area contributed by atoms with E-state index in [-0.39, 0.29) is 11.9 Å². The molecule has 0 aliphatic carbocycles. The maximum Gasteiger partial charge on any atom is 0.302 e. The van der Waals surface area contributed by atoms with E-state index < -0.39 is 0 Å². The summed E-state index contributed by atoms with van der Waals surface area (Å²) in [6, 6.07) is 7.50. The molecule has 0 amide bonds. The van der Waals surface area contributed by atoms with E-state index in [4.69, 9.17) is 9.72 Å². The van der Waals surface area contributed by atoms with Gasteiger partial charge in [-0.15, -0.1) is 0 Å². The van der Waals surface area contributed by atoms with E-state index in [1.807, 2.05) is 0 Å². The molecule has 4 nitrogen and oxygen atoms in total. The molecule has 1 aliphatic rings. The highest BCUT2D eigenvalue weighted by atomic mass is 19.1. The minimum atomic E-state index is -0.305. The fourth-order valence-electron chi connectivity index (χ4n) is 3.08.